The number of hydrogen-bond acceptors (Lipinski definition) is 3. The summed E-state index contributed by atoms with van der Waals surface area (Å²) < 4.78 is 27.0. The van der Waals surface area contributed by atoms with Crippen LogP contribution in [0.3, 0.4) is 0 Å². The number of rotatable bonds is 12. The second-order valence-corrected chi connectivity index (χ2v) is 7.69. The highest BCUT2D eigenvalue weighted by Gasteiger charge is 2.06. The summed E-state index contributed by atoms with van der Waals surface area (Å²) in [5.41, 5.74) is 0. The van der Waals surface area contributed by atoms with Gasteiger partial charge < -0.3 is 4.74 Å². The highest BCUT2D eigenvalue weighted by Crippen LogP contribution is 2.13. The molecule has 0 aliphatic carbocycles. The quantitative estimate of drug-likeness (QED) is 0.404. The van der Waals surface area contributed by atoms with Crippen molar-refractivity contribution in [2.24, 2.45) is 5.92 Å². The Kier molecular flexibility index (Phi) is 11.2. The Labute approximate surface area is 117 Å². The summed E-state index contributed by atoms with van der Waals surface area (Å²) in [5, 5.41) is 0. The lowest BCUT2D eigenvalue weighted by atomic mass is 10.0. The Bertz CT molecular complexity index is 278. The second-order valence-electron chi connectivity index (χ2n) is 4.80. The van der Waals surface area contributed by atoms with Gasteiger partial charge in [0.05, 0.1) is 5.75 Å². The first-order chi connectivity index (χ1) is 8.49. The third-order valence-electron chi connectivity index (χ3n) is 3.07. The van der Waals surface area contributed by atoms with E-state index in [9.17, 15) is 8.42 Å². The first-order valence-corrected chi connectivity index (χ1v) is 9.47. The molecule has 0 bridgehead atoms. The van der Waals surface area contributed by atoms with Crippen LogP contribution in [-0.2, 0) is 13.8 Å². The molecule has 0 rings (SSSR count). The van der Waals surface area contributed by atoms with E-state index in [-0.39, 0.29) is 5.75 Å². The van der Waals surface area contributed by atoms with E-state index in [0.717, 1.165) is 26.1 Å². The summed E-state index contributed by atoms with van der Waals surface area (Å²) in [5.74, 6) is 0.746. The molecule has 0 saturated carbocycles. The van der Waals surface area contributed by atoms with Crippen molar-refractivity contribution in [2.45, 2.75) is 58.8 Å². The lowest BCUT2D eigenvalue weighted by Gasteiger charge is -2.14. The predicted molar refractivity (Wildman–Crippen MR) is 77.6 cm³/mol. The van der Waals surface area contributed by atoms with E-state index >= 15 is 0 Å². The monoisotopic (exact) mass is 298 g/mol. The summed E-state index contributed by atoms with van der Waals surface area (Å²) in [4.78, 5) is 0. The first-order valence-electron chi connectivity index (χ1n) is 6.99. The van der Waals surface area contributed by atoms with Crippen LogP contribution in [-0.4, -0.2) is 27.4 Å². The van der Waals surface area contributed by atoms with Crippen LogP contribution in [0, 0.1) is 5.92 Å². The van der Waals surface area contributed by atoms with Crippen LogP contribution in [0.25, 0.3) is 0 Å². The molecule has 0 heterocycles. The van der Waals surface area contributed by atoms with Gasteiger partial charge in [-0.2, -0.15) is 0 Å². The van der Waals surface area contributed by atoms with E-state index in [2.05, 4.69) is 13.8 Å². The van der Waals surface area contributed by atoms with Gasteiger partial charge in [-0.25, -0.2) is 8.42 Å². The van der Waals surface area contributed by atoms with Crippen LogP contribution in [0.2, 0.25) is 0 Å². The molecule has 0 aliphatic heterocycles. The Balaban J connectivity index is 3.38. The fourth-order valence-electron chi connectivity index (χ4n) is 1.80. The van der Waals surface area contributed by atoms with Crippen molar-refractivity contribution in [1.29, 1.82) is 0 Å². The summed E-state index contributed by atoms with van der Waals surface area (Å²) in [6.45, 7) is 5.97. The average Bonchev–Trinajstić information content (AvgIpc) is 2.30. The predicted octanol–water partition coefficient (Wildman–Crippen LogP) is 3.96. The summed E-state index contributed by atoms with van der Waals surface area (Å²) in [7, 11) is 1.81. The zero-order valence-corrected chi connectivity index (χ0v) is 13.2. The van der Waals surface area contributed by atoms with E-state index in [1.54, 1.807) is 0 Å². The van der Waals surface area contributed by atoms with Gasteiger partial charge in [0.1, 0.15) is 0 Å². The van der Waals surface area contributed by atoms with Crippen molar-refractivity contribution < 1.29 is 13.2 Å². The lowest BCUT2D eigenvalue weighted by molar-refractivity contribution is 0.0911. The van der Waals surface area contributed by atoms with Gasteiger partial charge in [-0.3, -0.25) is 0 Å². The first kappa shape index (κ1) is 18.2. The van der Waals surface area contributed by atoms with Crippen LogP contribution in [0.1, 0.15) is 58.8 Å². The van der Waals surface area contributed by atoms with E-state index in [1.165, 1.54) is 25.7 Å². The third-order valence-corrected chi connectivity index (χ3v) is 4.31. The zero-order valence-electron chi connectivity index (χ0n) is 11.7. The smallest absolute Gasteiger partial charge is 0.232 e. The van der Waals surface area contributed by atoms with Crippen molar-refractivity contribution in [2.75, 3.05) is 19.0 Å². The minimum Gasteiger partial charge on any atom is -0.381 e. The van der Waals surface area contributed by atoms with Gasteiger partial charge in [0.25, 0.3) is 0 Å². The molecule has 0 amide bonds. The standard InChI is InChI=1S/C13H27ClO3S/c1-3-5-9-13(4-2)12-17-10-7-6-8-11-18(14,15)16/h13H,3-12H2,1-2H3. The molecule has 18 heavy (non-hydrogen) atoms. The fraction of sp³-hybridized carbons (Fsp3) is 1.00. The highest BCUT2D eigenvalue weighted by molar-refractivity contribution is 8.13. The van der Waals surface area contributed by atoms with Crippen LogP contribution < -0.4 is 0 Å². The Morgan fingerprint density at radius 1 is 1.11 bits per heavy atom. The number of hydrogen-bond donors (Lipinski definition) is 0. The third kappa shape index (κ3) is 12.7. The van der Waals surface area contributed by atoms with Crippen LogP contribution in [0.15, 0.2) is 0 Å². The van der Waals surface area contributed by atoms with E-state index in [4.69, 9.17) is 15.4 Å². The minimum absolute atomic E-state index is 0.0721. The molecular weight excluding hydrogens is 272 g/mol. The molecule has 1 unspecified atom stereocenters. The van der Waals surface area contributed by atoms with Crippen molar-refractivity contribution in [3.63, 3.8) is 0 Å². The number of ether oxygens (including phenoxy) is 1. The Morgan fingerprint density at radius 3 is 2.39 bits per heavy atom. The molecule has 0 saturated heterocycles. The number of halogens is 1. The summed E-state index contributed by atoms with van der Waals surface area (Å²) >= 11 is 0. The normalized spacial score (nSPS) is 13.7. The molecule has 0 fully saturated rings. The van der Waals surface area contributed by atoms with Gasteiger partial charge >= 0.3 is 0 Å². The molecule has 110 valence electrons. The topological polar surface area (TPSA) is 43.4 Å². The second kappa shape index (κ2) is 11.1. The SMILES string of the molecule is CCCCC(CC)COCCCCCS(=O)(=O)Cl. The number of unbranched alkanes of at least 4 members (excludes halogenated alkanes) is 3. The molecule has 0 N–H and O–H groups in total. The van der Waals surface area contributed by atoms with Gasteiger partial charge in [-0.15, -0.1) is 0 Å². The van der Waals surface area contributed by atoms with Gasteiger partial charge in [-0.1, -0.05) is 39.5 Å². The summed E-state index contributed by atoms with van der Waals surface area (Å²) in [6, 6.07) is 0. The van der Waals surface area contributed by atoms with Gasteiger partial charge in [-0.05, 0) is 25.2 Å². The Hall–Kier alpha value is 0.200. The van der Waals surface area contributed by atoms with Crippen molar-refractivity contribution in [3.8, 4) is 0 Å². The molecule has 3 nitrogen and oxygen atoms in total. The van der Waals surface area contributed by atoms with Gasteiger partial charge in [0.15, 0.2) is 0 Å². The molecule has 1 atom stereocenters. The van der Waals surface area contributed by atoms with Gasteiger partial charge in [0, 0.05) is 23.9 Å². The molecule has 0 spiro atoms. The van der Waals surface area contributed by atoms with Crippen molar-refractivity contribution in [1.82, 2.24) is 0 Å². The molecular formula is C13H27ClO3S. The van der Waals surface area contributed by atoms with E-state index < -0.39 is 9.05 Å². The lowest BCUT2D eigenvalue weighted by Crippen LogP contribution is -2.09. The van der Waals surface area contributed by atoms with E-state index in [1.807, 2.05) is 0 Å². The van der Waals surface area contributed by atoms with Crippen LogP contribution in [0.5, 0.6) is 0 Å². The highest BCUT2D eigenvalue weighted by atomic mass is 35.7. The van der Waals surface area contributed by atoms with Crippen LogP contribution in [0.4, 0.5) is 0 Å². The zero-order chi connectivity index (χ0) is 13.9. The molecule has 0 aromatic heterocycles. The maximum Gasteiger partial charge on any atom is 0.232 e. The average molecular weight is 299 g/mol. The maximum absolute atomic E-state index is 10.7. The molecule has 0 aromatic rings. The van der Waals surface area contributed by atoms with E-state index in [0.29, 0.717) is 12.3 Å². The molecule has 5 heteroatoms. The van der Waals surface area contributed by atoms with Crippen molar-refractivity contribution >= 4 is 19.7 Å². The molecule has 0 aliphatic rings. The molecule has 0 aromatic carbocycles. The maximum atomic E-state index is 10.7. The van der Waals surface area contributed by atoms with Gasteiger partial charge in [0.2, 0.25) is 9.05 Å². The fourth-order valence-corrected chi connectivity index (χ4v) is 2.68. The van der Waals surface area contributed by atoms with Crippen LogP contribution >= 0.6 is 10.7 Å². The largest absolute Gasteiger partial charge is 0.381 e. The van der Waals surface area contributed by atoms with Crippen molar-refractivity contribution in [3.05, 3.63) is 0 Å². The molecule has 0 radical (unpaired) electrons. The summed E-state index contributed by atoms with van der Waals surface area (Å²) in [6.07, 6.45) is 7.33. The minimum atomic E-state index is -3.31. The Morgan fingerprint density at radius 2 is 1.83 bits per heavy atom.